The Bertz CT molecular complexity index is 336. The van der Waals surface area contributed by atoms with Gasteiger partial charge in [-0.3, -0.25) is 0 Å². The molecule has 0 aliphatic heterocycles. The van der Waals surface area contributed by atoms with Crippen LogP contribution in [0.4, 0.5) is 0 Å². The first-order chi connectivity index (χ1) is 6.20. The fourth-order valence-electron chi connectivity index (χ4n) is 1.88. The van der Waals surface area contributed by atoms with Crippen LogP contribution in [0.15, 0.2) is 12.1 Å². The van der Waals surface area contributed by atoms with Crippen LogP contribution >= 0.6 is 23.2 Å². The molecule has 1 unspecified atom stereocenters. The van der Waals surface area contributed by atoms with E-state index >= 15 is 0 Å². The first-order valence-electron chi connectivity index (χ1n) is 4.42. The van der Waals surface area contributed by atoms with E-state index in [1.54, 1.807) is 0 Å². The number of nitrogens with two attached hydrogens (primary N) is 1. The van der Waals surface area contributed by atoms with Crippen LogP contribution in [-0.2, 0) is 6.42 Å². The standard InChI is InChI=1S/C10H11Cl2N/c11-7-5-4-6-2-1-3-8(13)9(6)10(7)12/h4-5,8H,1-3,13H2. The number of hydrogen-bond donors (Lipinski definition) is 1. The largest absolute Gasteiger partial charge is 0.324 e. The first kappa shape index (κ1) is 9.32. The summed E-state index contributed by atoms with van der Waals surface area (Å²) in [4.78, 5) is 0. The van der Waals surface area contributed by atoms with E-state index in [0.29, 0.717) is 10.0 Å². The van der Waals surface area contributed by atoms with Gasteiger partial charge in [-0.25, -0.2) is 0 Å². The third kappa shape index (κ3) is 1.56. The van der Waals surface area contributed by atoms with E-state index in [1.807, 2.05) is 12.1 Å². The maximum atomic E-state index is 6.09. The third-order valence-electron chi connectivity index (χ3n) is 2.55. The maximum Gasteiger partial charge on any atom is 0.0642 e. The molecule has 70 valence electrons. The van der Waals surface area contributed by atoms with Crippen molar-refractivity contribution in [3.8, 4) is 0 Å². The van der Waals surface area contributed by atoms with Gasteiger partial charge < -0.3 is 5.73 Å². The Kier molecular flexibility index (Phi) is 2.50. The van der Waals surface area contributed by atoms with Gasteiger partial charge in [-0.2, -0.15) is 0 Å². The number of hydrogen-bond acceptors (Lipinski definition) is 1. The molecular formula is C10H11Cl2N. The van der Waals surface area contributed by atoms with Crippen LogP contribution in [0.1, 0.15) is 30.0 Å². The van der Waals surface area contributed by atoms with Gasteiger partial charge in [0.05, 0.1) is 10.0 Å². The molecule has 1 nitrogen and oxygen atoms in total. The summed E-state index contributed by atoms with van der Waals surface area (Å²) in [6.45, 7) is 0. The molecule has 0 aromatic heterocycles. The quantitative estimate of drug-likeness (QED) is 0.707. The molecule has 2 rings (SSSR count). The van der Waals surface area contributed by atoms with E-state index in [2.05, 4.69) is 0 Å². The van der Waals surface area contributed by atoms with Crippen LogP contribution in [0.5, 0.6) is 0 Å². The van der Waals surface area contributed by atoms with Gasteiger partial charge in [0.2, 0.25) is 0 Å². The van der Waals surface area contributed by atoms with Crippen molar-refractivity contribution in [2.75, 3.05) is 0 Å². The van der Waals surface area contributed by atoms with Crippen molar-refractivity contribution < 1.29 is 0 Å². The SMILES string of the molecule is NC1CCCc2ccc(Cl)c(Cl)c21. The van der Waals surface area contributed by atoms with Crippen LogP contribution in [0.3, 0.4) is 0 Å². The lowest BCUT2D eigenvalue weighted by molar-refractivity contribution is 0.571. The molecule has 0 saturated heterocycles. The Balaban J connectivity index is 2.58. The molecule has 1 aliphatic carbocycles. The molecule has 0 heterocycles. The average molecular weight is 216 g/mol. The van der Waals surface area contributed by atoms with E-state index in [4.69, 9.17) is 28.9 Å². The van der Waals surface area contributed by atoms with Crippen molar-refractivity contribution in [1.82, 2.24) is 0 Å². The highest BCUT2D eigenvalue weighted by Gasteiger charge is 2.20. The van der Waals surface area contributed by atoms with Crippen molar-refractivity contribution in [1.29, 1.82) is 0 Å². The fourth-order valence-corrected chi connectivity index (χ4v) is 2.37. The normalized spacial score (nSPS) is 21.3. The summed E-state index contributed by atoms with van der Waals surface area (Å²) >= 11 is 12.0. The molecule has 0 amide bonds. The molecule has 2 N–H and O–H groups in total. The van der Waals surface area contributed by atoms with Gasteiger partial charge in [0.1, 0.15) is 0 Å². The van der Waals surface area contributed by atoms with E-state index in [1.165, 1.54) is 5.56 Å². The second-order valence-corrected chi connectivity index (χ2v) is 4.22. The van der Waals surface area contributed by atoms with Gasteiger partial charge in [-0.05, 0) is 36.5 Å². The molecule has 3 heteroatoms. The molecule has 0 radical (unpaired) electrons. The molecule has 1 aromatic carbocycles. The number of aryl methyl sites for hydroxylation is 1. The Morgan fingerprint density at radius 1 is 1.31 bits per heavy atom. The zero-order valence-corrected chi connectivity index (χ0v) is 8.70. The van der Waals surface area contributed by atoms with Crippen LogP contribution < -0.4 is 5.73 Å². The Morgan fingerprint density at radius 3 is 2.85 bits per heavy atom. The summed E-state index contributed by atoms with van der Waals surface area (Å²) < 4.78 is 0. The summed E-state index contributed by atoms with van der Waals surface area (Å²) in [5.74, 6) is 0. The lowest BCUT2D eigenvalue weighted by Gasteiger charge is -2.23. The number of halogens is 2. The van der Waals surface area contributed by atoms with E-state index in [9.17, 15) is 0 Å². The smallest absolute Gasteiger partial charge is 0.0642 e. The highest BCUT2D eigenvalue weighted by atomic mass is 35.5. The van der Waals surface area contributed by atoms with E-state index in [0.717, 1.165) is 24.8 Å². The predicted octanol–water partition coefficient (Wildman–Crippen LogP) is 3.33. The highest BCUT2D eigenvalue weighted by Crippen LogP contribution is 2.37. The van der Waals surface area contributed by atoms with Crippen LogP contribution in [0, 0.1) is 0 Å². The zero-order chi connectivity index (χ0) is 9.42. The highest BCUT2D eigenvalue weighted by molar-refractivity contribution is 6.42. The molecule has 1 aliphatic rings. The summed E-state index contributed by atoms with van der Waals surface area (Å²) in [6.07, 6.45) is 3.22. The predicted molar refractivity (Wildman–Crippen MR) is 56.3 cm³/mol. The monoisotopic (exact) mass is 215 g/mol. The number of fused-ring (bicyclic) bond motifs is 1. The summed E-state index contributed by atoms with van der Waals surface area (Å²) in [6, 6.07) is 3.94. The van der Waals surface area contributed by atoms with E-state index in [-0.39, 0.29) is 6.04 Å². The minimum Gasteiger partial charge on any atom is -0.324 e. The topological polar surface area (TPSA) is 26.0 Å². The Hall–Kier alpha value is -0.240. The van der Waals surface area contributed by atoms with Crippen molar-refractivity contribution >= 4 is 23.2 Å². The summed E-state index contributed by atoms with van der Waals surface area (Å²) in [5.41, 5.74) is 8.29. The average Bonchev–Trinajstić information content (AvgIpc) is 2.12. The van der Waals surface area contributed by atoms with Crippen LogP contribution in [0.25, 0.3) is 0 Å². The molecular weight excluding hydrogens is 205 g/mol. The summed E-state index contributed by atoms with van der Waals surface area (Å²) in [7, 11) is 0. The van der Waals surface area contributed by atoms with Gasteiger partial charge in [-0.15, -0.1) is 0 Å². The molecule has 0 saturated carbocycles. The van der Waals surface area contributed by atoms with Crippen molar-refractivity contribution in [3.63, 3.8) is 0 Å². The fraction of sp³-hybridized carbons (Fsp3) is 0.400. The lowest BCUT2D eigenvalue weighted by atomic mass is 9.88. The van der Waals surface area contributed by atoms with Crippen molar-refractivity contribution in [3.05, 3.63) is 33.3 Å². The molecule has 0 fully saturated rings. The van der Waals surface area contributed by atoms with Gasteiger partial charge in [0, 0.05) is 6.04 Å². The van der Waals surface area contributed by atoms with Gasteiger partial charge in [0.15, 0.2) is 0 Å². The summed E-state index contributed by atoms with van der Waals surface area (Å²) in [5, 5.41) is 1.25. The number of benzene rings is 1. The number of rotatable bonds is 0. The van der Waals surface area contributed by atoms with Gasteiger partial charge in [0.25, 0.3) is 0 Å². The molecule has 0 bridgehead atoms. The second-order valence-electron chi connectivity index (χ2n) is 3.43. The lowest BCUT2D eigenvalue weighted by Crippen LogP contribution is -2.17. The first-order valence-corrected chi connectivity index (χ1v) is 5.18. The van der Waals surface area contributed by atoms with Crippen molar-refractivity contribution in [2.24, 2.45) is 5.73 Å². The Morgan fingerprint density at radius 2 is 2.08 bits per heavy atom. The molecule has 1 atom stereocenters. The third-order valence-corrected chi connectivity index (χ3v) is 3.37. The molecule has 0 spiro atoms. The van der Waals surface area contributed by atoms with Crippen molar-refractivity contribution in [2.45, 2.75) is 25.3 Å². The van der Waals surface area contributed by atoms with Gasteiger partial charge >= 0.3 is 0 Å². The van der Waals surface area contributed by atoms with Gasteiger partial charge in [-0.1, -0.05) is 29.3 Å². The molecule has 1 aromatic rings. The maximum absolute atomic E-state index is 6.09. The van der Waals surface area contributed by atoms with E-state index < -0.39 is 0 Å². The zero-order valence-electron chi connectivity index (χ0n) is 7.19. The van der Waals surface area contributed by atoms with Crippen LogP contribution in [0.2, 0.25) is 10.0 Å². The van der Waals surface area contributed by atoms with Crippen LogP contribution in [-0.4, -0.2) is 0 Å². The second kappa shape index (κ2) is 3.49. The molecule has 13 heavy (non-hydrogen) atoms. The Labute approximate surface area is 87.8 Å². The minimum absolute atomic E-state index is 0.0648. The minimum atomic E-state index is 0.0648.